The van der Waals surface area contributed by atoms with Crippen LogP contribution in [0.25, 0.3) is 0 Å². The maximum Gasteiger partial charge on any atom is 0.263 e. The van der Waals surface area contributed by atoms with Gasteiger partial charge in [-0.05, 0) is 45.0 Å². The van der Waals surface area contributed by atoms with Crippen LogP contribution in [0, 0.1) is 0 Å². The van der Waals surface area contributed by atoms with E-state index in [4.69, 9.17) is 16.3 Å². The highest BCUT2D eigenvalue weighted by Gasteiger charge is 2.22. The number of carbonyl (C=O) groups excluding carboxylic acids is 2. The first-order valence-electron chi connectivity index (χ1n) is 6.95. The fraction of sp³-hybridized carbons (Fsp3) is 0.467. The number of nitrogens with zero attached hydrogens (tertiary/aromatic N) is 1. The molecule has 21 heavy (non-hydrogen) atoms. The summed E-state index contributed by atoms with van der Waals surface area (Å²) in [6, 6.07) is 6.79. The fourth-order valence-corrected chi connectivity index (χ4v) is 1.92. The van der Waals surface area contributed by atoms with Gasteiger partial charge in [-0.25, -0.2) is 0 Å². The monoisotopic (exact) mass is 312 g/mol. The van der Waals surface area contributed by atoms with Crippen molar-refractivity contribution in [2.45, 2.75) is 26.9 Å². The van der Waals surface area contributed by atoms with Gasteiger partial charge in [-0.15, -0.1) is 0 Å². The minimum absolute atomic E-state index is 0.0392. The van der Waals surface area contributed by atoms with Gasteiger partial charge in [-0.3, -0.25) is 9.59 Å². The van der Waals surface area contributed by atoms with E-state index in [2.05, 4.69) is 5.32 Å². The van der Waals surface area contributed by atoms with Crippen molar-refractivity contribution in [1.29, 1.82) is 0 Å². The van der Waals surface area contributed by atoms with E-state index >= 15 is 0 Å². The van der Waals surface area contributed by atoms with Gasteiger partial charge in [-0.2, -0.15) is 0 Å². The molecule has 0 saturated carbocycles. The highest BCUT2D eigenvalue weighted by atomic mass is 35.5. The first-order valence-corrected chi connectivity index (χ1v) is 7.33. The Balaban J connectivity index is 2.62. The molecule has 1 aromatic carbocycles. The van der Waals surface area contributed by atoms with Crippen LogP contribution in [-0.4, -0.2) is 42.5 Å². The molecule has 0 aliphatic rings. The normalized spacial score (nSPS) is 11.6. The van der Waals surface area contributed by atoms with Crippen LogP contribution in [0.2, 0.25) is 5.02 Å². The molecule has 5 nitrogen and oxygen atoms in total. The van der Waals surface area contributed by atoms with Crippen molar-refractivity contribution in [3.05, 3.63) is 29.3 Å². The minimum atomic E-state index is -0.666. The third kappa shape index (κ3) is 5.63. The van der Waals surface area contributed by atoms with Crippen molar-refractivity contribution >= 4 is 23.4 Å². The smallest absolute Gasteiger partial charge is 0.263 e. The number of amides is 2. The number of hydrogen-bond donors (Lipinski definition) is 1. The summed E-state index contributed by atoms with van der Waals surface area (Å²) in [5, 5.41) is 3.28. The number of carbonyl (C=O) groups is 2. The number of hydrogen-bond acceptors (Lipinski definition) is 3. The highest BCUT2D eigenvalue weighted by Crippen LogP contribution is 2.17. The Kier molecular flexibility index (Phi) is 7.02. The number of likely N-dealkylation sites (N-methyl/N-ethyl adjacent to an activating group) is 2. The summed E-state index contributed by atoms with van der Waals surface area (Å²) in [6.07, 6.45) is -0.666. The second kappa shape index (κ2) is 8.52. The fourth-order valence-electron chi connectivity index (χ4n) is 1.80. The maximum absolute atomic E-state index is 12.3. The molecule has 6 heteroatoms. The van der Waals surface area contributed by atoms with Crippen molar-refractivity contribution in [2.24, 2.45) is 0 Å². The summed E-state index contributed by atoms with van der Waals surface area (Å²) in [4.78, 5) is 25.3. The van der Waals surface area contributed by atoms with E-state index in [9.17, 15) is 9.59 Å². The zero-order valence-corrected chi connectivity index (χ0v) is 13.3. The number of nitrogens with one attached hydrogen (secondary N) is 1. The molecular weight excluding hydrogens is 292 g/mol. The molecule has 0 radical (unpaired) electrons. The van der Waals surface area contributed by atoms with Crippen LogP contribution in [0.5, 0.6) is 5.75 Å². The van der Waals surface area contributed by atoms with Crippen molar-refractivity contribution < 1.29 is 14.3 Å². The first-order chi connectivity index (χ1) is 9.97. The predicted molar refractivity (Wildman–Crippen MR) is 82.5 cm³/mol. The lowest BCUT2D eigenvalue weighted by molar-refractivity contribution is -0.141. The van der Waals surface area contributed by atoms with Crippen molar-refractivity contribution in [3.8, 4) is 5.75 Å². The van der Waals surface area contributed by atoms with E-state index in [1.54, 1.807) is 31.2 Å². The molecule has 0 bridgehead atoms. The molecule has 0 aromatic heterocycles. The molecule has 0 spiro atoms. The van der Waals surface area contributed by atoms with E-state index in [0.29, 0.717) is 23.9 Å². The molecule has 0 heterocycles. The molecule has 0 aliphatic heterocycles. The number of rotatable bonds is 7. The lowest BCUT2D eigenvalue weighted by Crippen LogP contribution is -2.45. The van der Waals surface area contributed by atoms with E-state index in [1.165, 1.54) is 4.90 Å². The second-order valence-electron chi connectivity index (χ2n) is 4.52. The number of benzene rings is 1. The summed E-state index contributed by atoms with van der Waals surface area (Å²) in [5.74, 6) is 0.166. The van der Waals surface area contributed by atoms with Crippen molar-refractivity contribution in [2.75, 3.05) is 19.6 Å². The molecule has 1 unspecified atom stereocenters. The molecule has 116 valence electrons. The first kappa shape index (κ1) is 17.3. The minimum Gasteiger partial charge on any atom is -0.481 e. The molecule has 0 fully saturated rings. The van der Waals surface area contributed by atoms with Crippen LogP contribution in [0.15, 0.2) is 24.3 Å². The molecule has 1 rings (SSSR count). The summed E-state index contributed by atoms with van der Waals surface area (Å²) in [5.41, 5.74) is 0. The van der Waals surface area contributed by atoms with Gasteiger partial charge in [0.25, 0.3) is 5.91 Å². The Labute approximate surface area is 130 Å². The Morgan fingerprint density at radius 2 is 1.90 bits per heavy atom. The summed E-state index contributed by atoms with van der Waals surface area (Å²) >= 11 is 5.80. The lowest BCUT2D eigenvalue weighted by Gasteiger charge is -2.24. The summed E-state index contributed by atoms with van der Waals surface area (Å²) < 4.78 is 5.57. The topological polar surface area (TPSA) is 58.6 Å². The zero-order valence-electron chi connectivity index (χ0n) is 12.6. The van der Waals surface area contributed by atoms with Gasteiger partial charge in [0.15, 0.2) is 6.10 Å². The zero-order chi connectivity index (χ0) is 15.8. The Hall–Kier alpha value is -1.75. The SMILES string of the molecule is CCNC(=O)CN(CC)C(=O)C(C)Oc1ccc(Cl)cc1. The third-order valence-electron chi connectivity index (χ3n) is 2.88. The lowest BCUT2D eigenvalue weighted by atomic mass is 10.3. The van der Waals surface area contributed by atoms with Crippen LogP contribution in [0.3, 0.4) is 0 Å². The van der Waals surface area contributed by atoms with Crippen LogP contribution in [-0.2, 0) is 9.59 Å². The van der Waals surface area contributed by atoms with Gasteiger partial charge in [0.2, 0.25) is 5.91 Å². The van der Waals surface area contributed by atoms with Gasteiger partial charge in [0.05, 0.1) is 6.54 Å². The summed E-state index contributed by atoms with van der Waals surface area (Å²) in [7, 11) is 0. The van der Waals surface area contributed by atoms with E-state index < -0.39 is 6.10 Å². The Morgan fingerprint density at radius 3 is 2.43 bits per heavy atom. The molecule has 0 aliphatic carbocycles. The predicted octanol–water partition coefficient (Wildman–Crippen LogP) is 2.09. The average Bonchev–Trinajstić information content (AvgIpc) is 2.46. The van der Waals surface area contributed by atoms with E-state index in [-0.39, 0.29) is 18.4 Å². The highest BCUT2D eigenvalue weighted by molar-refractivity contribution is 6.30. The largest absolute Gasteiger partial charge is 0.481 e. The molecule has 2 amide bonds. The molecule has 1 aromatic rings. The maximum atomic E-state index is 12.3. The van der Waals surface area contributed by atoms with E-state index in [0.717, 1.165) is 0 Å². The quantitative estimate of drug-likeness (QED) is 0.838. The Morgan fingerprint density at radius 1 is 1.29 bits per heavy atom. The van der Waals surface area contributed by atoms with Crippen LogP contribution < -0.4 is 10.1 Å². The van der Waals surface area contributed by atoms with Crippen LogP contribution in [0.1, 0.15) is 20.8 Å². The van der Waals surface area contributed by atoms with Crippen molar-refractivity contribution in [1.82, 2.24) is 10.2 Å². The third-order valence-corrected chi connectivity index (χ3v) is 3.13. The van der Waals surface area contributed by atoms with Crippen LogP contribution in [0.4, 0.5) is 0 Å². The van der Waals surface area contributed by atoms with Gasteiger partial charge in [0.1, 0.15) is 5.75 Å². The standard InChI is InChI=1S/C15H21ClN2O3/c1-4-17-14(19)10-18(5-2)15(20)11(3)21-13-8-6-12(16)7-9-13/h6-9,11H,4-5,10H2,1-3H3,(H,17,19). The number of ether oxygens (including phenoxy) is 1. The molecule has 1 N–H and O–H groups in total. The van der Waals surface area contributed by atoms with Gasteiger partial charge >= 0.3 is 0 Å². The van der Waals surface area contributed by atoms with Crippen LogP contribution >= 0.6 is 11.6 Å². The van der Waals surface area contributed by atoms with E-state index in [1.807, 2.05) is 13.8 Å². The summed E-state index contributed by atoms with van der Waals surface area (Å²) in [6.45, 7) is 6.36. The van der Waals surface area contributed by atoms with Gasteiger partial charge in [0, 0.05) is 18.1 Å². The molecule has 1 atom stereocenters. The van der Waals surface area contributed by atoms with Crippen molar-refractivity contribution in [3.63, 3.8) is 0 Å². The van der Waals surface area contributed by atoms with Gasteiger partial charge < -0.3 is 15.0 Å². The second-order valence-corrected chi connectivity index (χ2v) is 4.96. The average molecular weight is 313 g/mol. The molecule has 0 saturated heterocycles. The number of halogens is 1. The van der Waals surface area contributed by atoms with Gasteiger partial charge in [-0.1, -0.05) is 11.6 Å². The Bertz CT molecular complexity index is 476. The molecular formula is C15H21ClN2O3.